The third kappa shape index (κ3) is 3.80. The SMILES string of the molecule is CCOc1cc(N2CCCC2CNC(C)C)ncn1. The Bertz CT molecular complexity index is 397. The van der Waals surface area contributed by atoms with E-state index in [2.05, 4.69) is 34.0 Å². The minimum Gasteiger partial charge on any atom is -0.478 e. The highest BCUT2D eigenvalue weighted by atomic mass is 16.5. The molecule has 0 amide bonds. The van der Waals surface area contributed by atoms with Crippen LogP contribution < -0.4 is 15.0 Å². The van der Waals surface area contributed by atoms with Crippen LogP contribution in [0.3, 0.4) is 0 Å². The molecule has 0 aliphatic carbocycles. The molecule has 1 unspecified atom stereocenters. The molecule has 1 saturated heterocycles. The fraction of sp³-hybridized carbons (Fsp3) is 0.714. The standard InChI is InChI=1S/C14H24N4O/c1-4-19-14-8-13(16-10-17-14)18-7-5-6-12(18)9-15-11(2)3/h8,10-12,15H,4-7,9H2,1-3H3. The van der Waals surface area contributed by atoms with E-state index in [-0.39, 0.29) is 0 Å². The van der Waals surface area contributed by atoms with Gasteiger partial charge in [-0.1, -0.05) is 13.8 Å². The number of nitrogens with zero attached hydrogens (tertiary/aromatic N) is 3. The fourth-order valence-corrected chi connectivity index (χ4v) is 2.44. The van der Waals surface area contributed by atoms with Gasteiger partial charge in [0.25, 0.3) is 0 Å². The van der Waals surface area contributed by atoms with Gasteiger partial charge in [-0.25, -0.2) is 9.97 Å². The van der Waals surface area contributed by atoms with Crippen LogP contribution in [-0.4, -0.2) is 41.7 Å². The van der Waals surface area contributed by atoms with Crippen molar-refractivity contribution in [2.24, 2.45) is 0 Å². The lowest BCUT2D eigenvalue weighted by atomic mass is 10.2. The molecule has 0 spiro atoms. The van der Waals surface area contributed by atoms with Crippen molar-refractivity contribution in [2.45, 2.75) is 45.7 Å². The third-order valence-corrected chi connectivity index (χ3v) is 3.35. The minimum absolute atomic E-state index is 0.520. The van der Waals surface area contributed by atoms with Crippen molar-refractivity contribution in [3.63, 3.8) is 0 Å². The summed E-state index contributed by atoms with van der Waals surface area (Å²) in [4.78, 5) is 10.9. The molecule has 5 heteroatoms. The lowest BCUT2D eigenvalue weighted by Crippen LogP contribution is -2.40. The molecule has 1 aliphatic heterocycles. The molecule has 19 heavy (non-hydrogen) atoms. The molecule has 1 aromatic rings. The Labute approximate surface area is 115 Å². The van der Waals surface area contributed by atoms with Gasteiger partial charge in [0.05, 0.1) is 6.61 Å². The first-order valence-electron chi connectivity index (χ1n) is 7.15. The van der Waals surface area contributed by atoms with Gasteiger partial charge in [0, 0.05) is 31.2 Å². The van der Waals surface area contributed by atoms with Crippen LogP contribution in [0.25, 0.3) is 0 Å². The van der Waals surface area contributed by atoms with Crippen LogP contribution in [0.4, 0.5) is 5.82 Å². The van der Waals surface area contributed by atoms with E-state index in [1.54, 1.807) is 6.33 Å². The molecule has 1 N–H and O–H groups in total. The van der Waals surface area contributed by atoms with Gasteiger partial charge in [0.2, 0.25) is 5.88 Å². The zero-order valence-electron chi connectivity index (χ0n) is 12.1. The summed E-state index contributed by atoms with van der Waals surface area (Å²) in [6.07, 6.45) is 4.03. The van der Waals surface area contributed by atoms with Crippen molar-refractivity contribution in [1.82, 2.24) is 15.3 Å². The van der Waals surface area contributed by atoms with E-state index in [9.17, 15) is 0 Å². The quantitative estimate of drug-likeness (QED) is 0.849. The highest BCUT2D eigenvalue weighted by Crippen LogP contribution is 2.25. The number of ether oxygens (including phenoxy) is 1. The minimum atomic E-state index is 0.520. The van der Waals surface area contributed by atoms with Crippen LogP contribution in [0.5, 0.6) is 5.88 Å². The van der Waals surface area contributed by atoms with Gasteiger partial charge in [-0.15, -0.1) is 0 Å². The van der Waals surface area contributed by atoms with Crippen LogP contribution in [0.15, 0.2) is 12.4 Å². The van der Waals surface area contributed by atoms with E-state index in [0.717, 1.165) is 18.9 Å². The number of aromatic nitrogens is 2. The maximum absolute atomic E-state index is 5.45. The van der Waals surface area contributed by atoms with Gasteiger partial charge in [-0.05, 0) is 19.8 Å². The first-order valence-corrected chi connectivity index (χ1v) is 7.15. The summed E-state index contributed by atoms with van der Waals surface area (Å²) in [5, 5.41) is 3.51. The molecule has 2 rings (SSSR count). The van der Waals surface area contributed by atoms with E-state index in [1.165, 1.54) is 12.8 Å². The van der Waals surface area contributed by atoms with Crippen LogP contribution >= 0.6 is 0 Å². The predicted octanol–water partition coefficient (Wildman–Crippen LogP) is 1.84. The van der Waals surface area contributed by atoms with Crippen molar-refractivity contribution in [2.75, 3.05) is 24.6 Å². The van der Waals surface area contributed by atoms with Crippen molar-refractivity contribution in [3.8, 4) is 5.88 Å². The second-order valence-corrected chi connectivity index (χ2v) is 5.20. The highest BCUT2D eigenvalue weighted by Gasteiger charge is 2.25. The van der Waals surface area contributed by atoms with Gasteiger partial charge >= 0.3 is 0 Å². The Morgan fingerprint density at radius 1 is 1.47 bits per heavy atom. The molecule has 1 aliphatic rings. The maximum Gasteiger partial charge on any atom is 0.218 e. The molecule has 2 heterocycles. The van der Waals surface area contributed by atoms with E-state index in [1.807, 2.05) is 13.0 Å². The Morgan fingerprint density at radius 3 is 3.05 bits per heavy atom. The lowest BCUT2D eigenvalue weighted by molar-refractivity contribution is 0.326. The molecule has 1 fully saturated rings. The Kier molecular flexibility index (Phi) is 4.96. The zero-order chi connectivity index (χ0) is 13.7. The van der Waals surface area contributed by atoms with Gasteiger partial charge in [0.15, 0.2) is 0 Å². The van der Waals surface area contributed by atoms with E-state index in [4.69, 9.17) is 4.74 Å². The molecule has 0 saturated carbocycles. The molecular weight excluding hydrogens is 240 g/mol. The maximum atomic E-state index is 5.45. The molecule has 1 aromatic heterocycles. The predicted molar refractivity (Wildman–Crippen MR) is 76.7 cm³/mol. The number of anilines is 1. The number of nitrogens with one attached hydrogen (secondary N) is 1. The van der Waals surface area contributed by atoms with Crippen LogP contribution in [0.1, 0.15) is 33.6 Å². The topological polar surface area (TPSA) is 50.3 Å². The summed E-state index contributed by atoms with van der Waals surface area (Å²) >= 11 is 0. The fourth-order valence-electron chi connectivity index (χ4n) is 2.44. The van der Waals surface area contributed by atoms with E-state index in [0.29, 0.717) is 24.6 Å². The largest absolute Gasteiger partial charge is 0.478 e. The second kappa shape index (κ2) is 6.70. The molecule has 0 aromatic carbocycles. The Morgan fingerprint density at radius 2 is 2.32 bits per heavy atom. The van der Waals surface area contributed by atoms with Gasteiger partial charge < -0.3 is 15.0 Å². The normalized spacial score (nSPS) is 19.2. The summed E-state index contributed by atoms with van der Waals surface area (Å²) in [5.41, 5.74) is 0. The first-order chi connectivity index (χ1) is 9.20. The second-order valence-electron chi connectivity index (χ2n) is 5.20. The number of hydrogen-bond acceptors (Lipinski definition) is 5. The summed E-state index contributed by atoms with van der Waals surface area (Å²) in [6.45, 7) is 9.02. The summed E-state index contributed by atoms with van der Waals surface area (Å²) in [7, 11) is 0. The molecular formula is C14H24N4O. The molecule has 0 radical (unpaired) electrons. The monoisotopic (exact) mass is 264 g/mol. The number of hydrogen-bond donors (Lipinski definition) is 1. The molecule has 1 atom stereocenters. The van der Waals surface area contributed by atoms with E-state index < -0.39 is 0 Å². The first kappa shape index (κ1) is 14.1. The van der Waals surface area contributed by atoms with Crippen molar-refractivity contribution < 1.29 is 4.74 Å². The van der Waals surface area contributed by atoms with Crippen LogP contribution in [0, 0.1) is 0 Å². The Balaban J connectivity index is 2.04. The van der Waals surface area contributed by atoms with E-state index >= 15 is 0 Å². The average molecular weight is 264 g/mol. The molecule has 5 nitrogen and oxygen atoms in total. The summed E-state index contributed by atoms with van der Waals surface area (Å²) in [6, 6.07) is 2.98. The number of rotatable bonds is 6. The van der Waals surface area contributed by atoms with Gasteiger partial charge in [-0.3, -0.25) is 0 Å². The third-order valence-electron chi connectivity index (χ3n) is 3.35. The van der Waals surface area contributed by atoms with Crippen molar-refractivity contribution in [3.05, 3.63) is 12.4 Å². The summed E-state index contributed by atoms with van der Waals surface area (Å²) < 4.78 is 5.45. The van der Waals surface area contributed by atoms with Gasteiger partial charge in [0.1, 0.15) is 12.1 Å². The van der Waals surface area contributed by atoms with Crippen molar-refractivity contribution in [1.29, 1.82) is 0 Å². The highest BCUT2D eigenvalue weighted by molar-refractivity contribution is 5.43. The molecule has 0 bridgehead atoms. The van der Waals surface area contributed by atoms with Crippen LogP contribution in [0.2, 0.25) is 0 Å². The van der Waals surface area contributed by atoms with Crippen molar-refractivity contribution >= 4 is 5.82 Å². The molecule has 106 valence electrons. The summed E-state index contributed by atoms with van der Waals surface area (Å²) in [5.74, 6) is 1.64. The van der Waals surface area contributed by atoms with Gasteiger partial charge in [-0.2, -0.15) is 0 Å². The van der Waals surface area contributed by atoms with Crippen LogP contribution in [-0.2, 0) is 0 Å². The smallest absolute Gasteiger partial charge is 0.218 e. The lowest BCUT2D eigenvalue weighted by Gasteiger charge is -2.26. The zero-order valence-corrected chi connectivity index (χ0v) is 12.1. The Hall–Kier alpha value is -1.36. The average Bonchev–Trinajstić information content (AvgIpc) is 2.85.